The van der Waals surface area contributed by atoms with E-state index >= 15 is 0 Å². The second-order valence-corrected chi connectivity index (χ2v) is 4.30. The lowest BCUT2D eigenvalue weighted by molar-refractivity contribution is -0.0680. The number of hydrogen-bond donors (Lipinski definition) is 1. The average molecular weight is 235 g/mol. The van der Waals surface area contributed by atoms with Gasteiger partial charge in [0.1, 0.15) is 5.75 Å². The minimum atomic E-state index is -0.431. The number of carbonyl (C=O) groups excluding carboxylic acids is 1. The number of para-hydroxylation sites is 1. The molecular weight excluding hydrogens is 218 g/mol. The van der Waals surface area contributed by atoms with Crippen LogP contribution in [-0.2, 0) is 4.74 Å². The normalized spacial score (nSPS) is 17.0. The van der Waals surface area contributed by atoms with Gasteiger partial charge < -0.3 is 14.8 Å². The van der Waals surface area contributed by atoms with Crippen LogP contribution in [-0.4, -0.2) is 25.3 Å². The van der Waals surface area contributed by atoms with Crippen LogP contribution in [0, 0.1) is 0 Å². The first kappa shape index (κ1) is 11.9. The van der Waals surface area contributed by atoms with Crippen LogP contribution in [0.1, 0.15) is 19.3 Å². The predicted molar refractivity (Wildman–Crippen MR) is 64.1 cm³/mol. The zero-order valence-electron chi connectivity index (χ0n) is 9.94. The molecular formula is C13H17NO3. The van der Waals surface area contributed by atoms with Crippen molar-refractivity contribution in [2.24, 2.45) is 0 Å². The fraction of sp³-hybridized carbons (Fsp3) is 0.462. The molecule has 0 atom stereocenters. The highest BCUT2D eigenvalue weighted by Crippen LogP contribution is 2.34. The molecule has 0 spiro atoms. The molecule has 2 rings (SSSR count). The van der Waals surface area contributed by atoms with Crippen molar-refractivity contribution in [2.45, 2.75) is 24.9 Å². The Labute approximate surface area is 101 Å². The molecule has 1 aromatic rings. The van der Waals surface area contributed by atoms with Crippen LogP contribution in [0.3, 0.4) is 0 Å². The van der Waals surface area contributed by atoms with Crippen LogP contribution in [0.5, 0.6) is 5.75 Å². The van der Waals surface area contributed by atoms with E-state index in [9.17, 15) is 4.79 Å². The average Bonchev–Trinajstić information content (AvgIpc) is 2.29. The van der Waals surface area contributed by atoms with Gasteiger partial charge in [-0.1, -0.05) is 18.2 Å². The van der Waals surface area contributed by atoms with Crippen molar-refractivity contribution in [2.75, 3.05) is 13.7 Å². The molecule has 1 saturated carbocycles. The Morgan fingerprint density at radius 1 is 1.35 bits per heavy atom. The topological polar surface area (TPSA) is 47.6 Å². The van der Waals surface area contributed by atoms with Crippen molar-refractivity contribution in [1.29, 1.82) is 0 Å². The number of ether oxygens (including phenoxy) is 2. The third-order valence-electron chi connectivity index (χ3n) is 3.21. The van der Waals surface area contributed by atoms with Crippen LogP contribution in [0.15, 0.2) is 30.3 Å². The first-order valence-electron chi connectivity index (χ1n) is 5.80. The first-order chi connectivity index (χ1) is 8.24. The summed E-state index contributed by atoms with van der Waals surface area (Å²) >= 11 is 0. The monoisotopic (exact) mass is 235 g/mol. The van der Waals surface area contributed by atoms with Crippen molar-refractivity contribution in [3.63, 3.8) is 0 Å². The maximum atomic E-state index is 11.5. The van der Waals surface area contributed by atoms with Gasteiger partial charge in [0.2, 0.25) is 0 Å². The molecule has 1 aliphatic carbocycles. The highest BCUT2D eigenvalue weighted by molar-refractivity contribution is 5.70. The van der Waals surface area contributed by atoms with E-state index in [-0.39, 0.29) is 5.60 Å². The lowest BCUT2D eigenvalue weighted by atomic mass is 9.80. The van der Waals surface area contributed by atoms with E-state index in [1.54, 1.807) is 19.2 Å². The Morgan fingerprint density at radius 3 is 2.59 bits per heavy atom. The van der Waals surface area contributed by atoms with Gasteiger partial charge in [-0.3, -0.25) is 0 Å². The van der Waals surface area contributed by atoms with Gasteiger partial charge in [-0.25, -0.2) is 4.79 Å². The van der Waals surface area contributed by atoms with Gasteiger partial charge in [-0.05, 0) is 31.4 Å². The summed E-state index contributed by atoms with van der Waals surface area (Å²) in [6, 6.07) is 9.01. The van der Waals surface area contributed by atoms with E-state index in [1.165, 1.54) is 0 Å². The van der Waals surface area contributed by atoms with Gasteiger partial charge in [0.25, 0.3) is 0 Å². The second-order valence-electron chi connectivity index (χ2n) is 4.30. The van der Waals surface area contributed by atoms with Crippen LogP contribution >= 0.6 is 0 Å². The summed E-state index contributed by atoms with van der Waals surface area (Å²) < 4.78 is 10.5. The summed E-state index contributed by atoms with van der Waals surface area (Å²) in [5.41, 5.74) is -0.171. The maximum absolute atomic E-state index is 11.5. The molecule has 4 nitrogen and oxygen atoms in total. The van der Waals surface area contributed by atoms with Crippen LogP contribution in [0.4, 0.5) is 4.79 Å². The maximum Gasteiger partial charge on any atom is 0.412 e. The molecule has 0 heterocycles. The second kappa shape index (κ2) is 5.19. The number of carbonyl (C=O) groups is 1. The van der Waals surface area contributed by atoms with E-state index in [0.717, 1.165) is 19.3 Å². The summed E-state index contributed by atoms with van der Waals surface area (Å²) in [5, 5.41) is 2.74. The van der Waals surface area contributed by atoms with Gasteiger partial charge in [0.15, 0.2) is 0 Å². The van der Waals surface area contributed by atoms with Crippen LogP contribution in [0.25, 0.3) is 0 Å². The Hall–Kier alpha value is -1.55. The smallest absolute Gasteiger partial charge is 0.410 e. The molecule has 0 unspecified atom stereocenters. The lowest BCUT2D eigenvalue weighted by Crippen LogP contribution is -2.49. The Balaban J connectivity index is 1.78. The number of amides is 1. The molecule has 0 saturated heterocycles. The van der Waals surface area contributed by atoms with Crippen molar-refractivity contribution in [3.8, 4) is 5.75 Å². The summed E-state index contributed by atoms with van der Waals surface area (Å²) in [4.78, 5) is 11.5. The third-order valence-corrected chi connectivity index (χ3v) is 3.21. The number of nitrogens with one attached hydrogen (secondary N) is 1. The highest BCUT2D eigenvalue weighted by Gasteiger charge is 2.37. The molecule has 92 valence electrons. The Kier molecular flexibility index (Phi) is 3.64. The van der Waals surface area contributed by atoms with Gasteiger partial charge in [0.05, 0.1) is 5.60 Å². The number of methoxy groups -OCH3 is 1. The minimum Gasteiger partial charge on any atom is -0.410 e. The Morgan fingerprint density at radius 2 is 2.06 bits per heavy atom. The fourth-order valence-electron chi connectivity index (χ4n) is 1.89. The molecule has 1 aromatic carbocycles. The van der Waals surface area contributed by atoms with Crippen molar-refractivity contribution >= 4 is 6.09 Å². The summed E-state index contributed by atoms with van der Waals surface area (Å²) in [5.74, 6) is 0.546. The van der Waals surface area contributed by atoms with Crippen molar-refractivity contribution in [3.05, 3.63) is 30.3 Å². The Bertz CT molecular complexity index is 368. The summed E-state index contributed by atoms with van der Waals surface area (Å²) in [6.07, 6.45) is 2.72. The quantitative estimate of drug-likeness (QED) is 0.871. The summed E-state index contributed by atoms with van der Waals surface area (Å²) in [7, 11) is 1.68. The van der Waals surface area contributed by atoms with E-state index in [4.69, 9.17) is 9.47 Å². The largest absolute Gasteiger partial charge is 0.412 e. The molecule has 0 bridgehead atoms. The standard InChI is InChI=1S/C13H17NO3/c1-16-13(8-5-9-13)10-14-12(15)17-11-6-3-2-4-7-11/h2-4,6-7H,5,8-10H2,1H3,(H,14,15). The SMILES string of the molecule is COC1(CNC(=O)Oc2ccccc2)CCC1. The molecule has 0 aromatic heterocycles. The minimum absolute atomic E-state index is 0.171. The van der Waals surface area contributed by atoms with E-state index in [1.807, 2.05) is 18.2 Å². The van der Waals surface area contributed by atoms with Crippen LogP contribution < -0.4 is 10.1 Å². The van der Waals surface area contributed by atoms with Gasteiger partial charge in [0, 0.05) is 13.7 Å². The zero-order chi connectivity index (χ0) is 12.1. The van der Waals surface area contributed by atoms with E-state index < -0.39 is 6.09 Å². The zero-order valence-corrected chi connectivity index (χ0v) is 9.94. The van der Waals surface area contributed by atoms with Gasteiger partial charge in [-0.15, -0.1) is 0 Å². The van der Waals surface area contributed by atoms with Gasteiger partial charge >= 0.3 is 6.09 Å². The highest BCUT2D eigenvalue weighted by atomic mass is 16.6. The summed E-state index contributed by atoms with van der Waals surface area (Å²) in [6.45, 7) is 0.509. The van der Waals surface area contributed by atoms with E-state index in [2.05, 4.69) is 5.32 Å². The van der Waals surface area contributed by atoms with Crippen molar-refractivity contribution in [1.82, 2.24) is 5.32 Å². The number of rotatable bonds is 4. The number of hydrogen-bond acceptors (Lipinski definition) is 3. The number of benzene rings is 1. The molecule has 1 amide bonds. The van der Waals surface area contributed by atoms with Gasteiger partial charge in [-0.2, -0.15) is 0 Å². The first-order valence-corrected chi connectivity index (χ1v) is 5.80. The molecule has 1 fully saturated rings. The molecule has 1 aliphatic rings. The third kappa shape index (κ3) is 2.97. The van der Waals surface area contributed by atoms with E-state index in [0.29, 0.717) is 12.3 Å². The predicted octanol–water partition coefficient (Wildman–Crippen LogP) is 2.34. The molecule has 1 N–H and O–H groups in total. The molecule has 17 heavy (non-hydrogen) atoms. The molecule has 0 radical (unpaired) electrons. The molecule has 4 heteroatoms. The lowest BCUT2D eigenvalue weighted by Gasteiger charge is -2.40. The molecule has 0 aliphatic heterocycles. The fourth-order valence-corrected chi connectivity index (χ4v) is 1.89. The van der Waals surface area contributed by atoms with Crippen LogP contribution in [0.2, 0.25) is 0 Å². The van der Waals surface area contributed by atoms with Crippen molar-refractivity contribution < 1.29 is 14.3 Å².